The highest BCUT2D eigenvalue weighted by Gasteiger charge is 2.30. The summed E-state index contributed by atoms with van der Waals surface area (Å²) in [5, 5.41) is 0. The highest BCUT2D eigenvalue weighted by Crippen LogP contribution is 2.31. The standard InChI is InChI=1S/C8H14N/c1-7-6-9-4-2-8(7)3-5-9/h7-8H,1-6H2. The van der Waals surface area contributed by atoms with Crippen LogP contribution in [0.25, 0.3) is 0 Å². The van der Waals surface area contributed by atoms with Gasteiger partial charge in [0.1, 0.15) is 0 Å². The van der Waals surface area contributed by atoms with E-state index in [0.717, 1.165) is 11.8 Å². The van der Waals surface area contributed by atoms with E-state index in [2.05, 4.69) is 11.8 Å². The van der Waals surface area contributed by atoms with Crippen molar-refractivity contribution in [1.82, 2.24) is 4.90 Å². The molecule has 9 heavy (non-hydrogen) atoms. The predicted octanol–water partition coefficient (Wildman–Crippen LogP) is 1.16. The third-order valence-electron chi connectivity index (χ3n) is 2.79. The first-order valence-electron chi connectivity index (χ1n) is 3.92. The van der Waals surface area contributed by atoms with Crippen LogP contribution in [0.5, 0.6) is 0 Å². The van der Waals surface area contributed by atoms with Gasteiger partial charge in [0.2, 0.25) is 0 Å². The van der Waals surface area contributed by atoms with Gasteiger partial charge in [-0.25, -0.2) is 0 Å². The Morgan fingerprint density at radius 2 is 1.89 bits per heavy atom. The van der Waals surface area contributed by atoms with Crippen molar-refractivity contribution in [3.8, 4) is 0 Å². The molecule has 0 N–H and O–H groups in total. The summed E-state index contributed by atoms with van der Waals surface area (Å²) in [6.07, 6.45) is 2.82. The van der Waals surface area contributed by atoms with Crippen LogP contribution >= 0.6 is 0 Å². The molecule has 0 aromatic rings. The van der Waals surface area contributed by atoms with Crippen molar-refractivity contribution >= 4 is 0 Å². The van der Waals surface area contributed by atoms with Crippen molar-refractivity contribution in [1.29, 1.82) is 0 Å². The fourth-order valence-electron chi connectivity index (χ4n) is 2.09. The minimum Gasteiger partial charge on any atom is -0.303 e. The van der Waals surface area contributed by atoms with Crippen LogP contribution in [0.15, 0.2) is 0 Å². The smallest absolute Gasteiger partial charge is 0.00123 e. The topological polar surface area (TPSA) is 3.24 Å². The van der Waals surface area contributed by atoms with Gasteiger partial charge >= 0.3 is 0 Å². The first kappa shape index (κ1) is 5.72. The van der Waals surface area contributed by atoms with E-state index in [1.54, 1.807) is 0 Å². The Morgan fingerprint density at radius 3 is 2.11 bits per heavy atom. The van der Waals surface area contributed by atoms with Gasteiger partial charge in [0.25, 0.3) is 0 Å². The van der Waals surface area contributed by atoms with Crippen molar-refractivity contribution in [3.05, 3.63) is 6.92 Å². The molecule has 1 unspecified atom stereocenters. The summed E-state index contributed by atoms with van der Waals surface area (Å²) >= 11 is 0. The maximum Gasteiger partial charge on any atom is 0.00123 e. The van der Waals surface area contributed by atoms with E-state index in [0.29, 0.717) is 0 Å². The van der Waals surface area contributed by atoms with Crippen LogP contribution in [0.1, 0.15) is 12.8 Å². The largest absolute Gasteiger partial charge is 0.303 e. The van der Waals surface area contributed by atoms with E-state index in [9.17, 15) is 0 Å². The molecule has 0 saturated carbocycles. The maximum absolute atomic E-state index is 4.14. The summed E-state index contributed by atoms with van der Waals surface area (Å²) in [4.78, 5) is 2.54. The number of nitrogens with zero attached hydrogens (tertiary/aromatic N) is 1. The number of piperidine rings is 3. The van der Waals surface area contributed by atoms with E-state index in [-0.39, 0.29) is 0 Å². The Hall–Kier alpha value is -0.0400. The second-order valence-corrected chi connectivity index (χ2v) is 3.40. The van der Waals surface area contributed by atoms with Crippen molar-refractivity contribution in [2.24, 2.45) is 11.8 Å². The molecule has 3 rings (SSSR count). The Balaban J connectivity index is 2.06. The second kappa shape index (κ2) is 1.98. The van der Waals surface area contributed by atoms with Gasteiger partial charge in [0.05, 0.1) is 0 Å². The fourth-order valence-corrected chi connectivity index (χ4v) is 2.09. The van der Waals surface area contributed by atoms with Gasteiger partial charge in [-0.3, -0.25) is 0 Å². The summed E-state index contributed by atoms with van der Waals surface area (Å²) in [7, 11) is 0. The van der Waals surface area contributed by atoms with Crippen LogP contribution in [0.4, 0.5) is 0 Å². The van der Waals surface area contributed by atoms with E-state index in [1.807, 2.05) is 0 Å². The van der Waals surface area contributed by atoms with E-state index < -0.39 is 0 Å². The van der Waals surface area contributed by atoms with Gasteiger partial charge in [0.15, 0.2) is 0 Å². The number of hydrogen-bond acceptors (Lipinski definition) is 1. The molecular formula is C8H14N. The van der Waals surface area contributed by atoms with Crippen LogP contribution in [0.3, 0.4) is 0 Å². The lowest BCUT2D eigenvalue weighted by atomic mass is 9.80. The molecule has 1 heteroatoms. The first-order valence-corrected chi connectivity index (χ1v) is 3.92. The molecule has 3 heterocycles. The summed E-state index contributed by atoms with van der Waals surface area (Å²) in [6, 6.07) is 0. The average Bonchev–Trinajstić information content (AvgIpc) is 1.90. The number of hydrogen-bond donors (Lipinski definition) is 0. The Morgan fingerprint density at radius 1 is 1.22 bits per heavy atom. The minimum absolute atomic E-state index is 0.743. The molecule has 2 bridgehead atoms. The predicted molar refractivity (Wildman–Crippen MR) is 38.0 cm³/mol. The highest BCUT2D eigenvalue weighted by atomic mass is 15.1. The summed E-state index contributed by atoms with van der Waals surface area (Å²) in [5.74, 6) is 1.71. The van der Waals surface area contributed by atoms with Gasteiger partial charge < -0.3 is 4.90 Å². The van der Waals surface area contributed by atoms with Crippen LogP contribution < -0.4 is 0 Å². The van der Waals surface area contributed by atoms with Gasteiger partial charge in [0, 0.05) is 6.54 Å². The molecule has 1 atom stereocenters. The molecule has 3 saturated heterocycles. The average molecular weight is 124 g/mol. The van der Waals surface area contributed by atoms with E-state index in [4.69, 9.17) is 0 Å². The van der Waals surface area contributed by atoms with E-state index >= 15 is 0 Å². The molecule has 0 aromatic heterocycles. The molecule has 0 spiro atoms. The summed E-state index contributed by atoms with van der Waals surface area (Å²) in [5.41, 5.74) is 0. The van der Waals surface area contributed by atoms with Crippen LogP contribution in [0.2, 0.25) is 0 Å². The normalized spacial score (nSPS) is 49.7. The SMILES string of the molecule is [CH2]C1CN2CCC1CC2. The highest BCUT2D eigenvalue weighted by molar-refractivity contribution is 4.87. The number of fused-ring (bicyclic) bond motifs is 3. The van der Waals surface area contributed by atoms with Crippen molar-refractivity contribution < 1.29 is 0 Å². The fraction of sp³-hybridized carbons (Fsp3) is 0.875. The van der Waals surface area contributed by atoms with Gasteiger partial charge in [-0.2, -0.15) is 0 Å². The lowest BCUT2D eigenvalue weighted by Crippen LogP contribution is -2.46. The molecule has 1 nitrogen and oxygen atoms in total. The van der Waals surface area contributed by atoms with Gasteiger partial charge in [-0.1, -0.05) is 0 Å². The summed E-state index contributed by atoms with van der Waals surface area (Å²) < 4.78 is 0. The minimum atomic E-state index is 0.743. The molecule has 0 aliphatic carbocycles. The lowest BCUT2D eigenvalue weighted by molar-refractivity contribution is 0.0723. The van der Waals surface area contributed by atoms with Gasteiger partial charge in [-0.05, 0) is 44.7 Å². The second-order valence-electron chi connectivity index (χ2n) is 3.40. The van der Waals surface area contributed by atoms with Crippen LogP contribution in [0, 0.1) is 18.8 Å². The molecular weight excluding hydrogens is 110 g/mol. The zero-order valence-electron chi connectivity index (χ0n) is 5.84. The monoisotopic (exact) mass is 124 g/mol. The first-order chi connectivity index (χ1) is 4.36. The molecule has 51 valence electrons. The number of rotatable bonds is 0. The lowest BCUT2D eigenvalue weighted by Gasteiger charge is -2.43. The zero-order chi connectivity index (χ0) is 6.27. The maximum atomic E-state index is 4.14. The third kappa shape index (κ3) is 0.877. The van der Waals surface area contributed by atoms with Crippen LogP contribution in [-0.2, 0) is 0 Å². The summed E-state index contributed by atoms with van der Waals surface area (Å²) in [6.45, 7) is 8.09. The molecule has 0 amide bonds. The molecule has 3 aliphatic rings. The quantitative estimate of drug-likeness (QED) is 0.468. The molecule has 0 aromatic carbocycles. The molecule has 3 aliphatic heterocycles. The zero-order valence-corrected chi connectivity index (χ0v) is 5.84. The van der Waals surface area contributed by atoms with Crippen molar-refractivity contribution in [2.75, 3.05) is 19.6 Å². The Bertz CT molecular complexity index is 103. The van der Waals surface area contributed by atoms with Gasteiger partial charge in [-0.15, -0.1) is 0 Å². The Kier molecular flexibility index (Phi) is 1.26. The molecule has 1 radical (unpaired) electrons. The molecule has 3 fully saturated rings. The van der Waals surface area contributed by atoms with Crippen LogP contribution in [-0.4, -0.2) is 24.5 Å². The third-order valence-corrected chi connectivity index (χ3v) is 2.79. The Labute approximate surface area is 57.0 Å². The van der Waals surface area contributed by atoms with Crippen molar-refractivity contribution in [3.63, 3.8) is 0 Å². The van der Waals surface area contributed by atoms with E-state index in [1.165, 1.54) is 32.5 Å². The van der Waals surface area contributed by atoms with Crippen molar-refractivity contribution in [2.45, 2.75) is 12.8 Å².